The van der Waals surface area contributed by atoms with E-state index in [0.717, 1.165) is 36.5 Å². The molecule has 2 heterocycles. The van der Waals surface area contributed by atoms with Gasteiger partial charge in [0.15, 0.2) is 0 Å². The minimum atomic E-state index is -4.90. The molecule has 7 nitrogen and oxygen atoms in total. The lowest BCUT2D eigenvalue weighted by molar-refractivity contribution is -0.272. The highest BCUT2D eigenvalue weighted by Crippen LogP contribution is 2.40. The zero-order chi connectivity index (χ0) is 22.5. The molecule has 1 aliphatic carbocycles. The fourth-order valence-electron chi connectivity index (χ4n) is 4.70. The average molecular weight is 446 g/mol. The Labute approximate surface area is 181 Å². The van der Waals surface area contributed by atoms with E-state index in [1.54, 1.807) is 4.90 Å². The molecule has 1 aliphatic heterocycles. The summed E-state index contributed by atoms with van der Waals surface area (Å²) in [5.41, 5.74) is -3.12. The van der Waals surface area contributed by atoms with Crippen LogP contribution in [0.5, 0.6) is 0 Å². The maximum absolute atomic E-state index is 13.6. The fourth-order valence-corrected chi connectivity index (χ4v) is 4.70. The number of rotatable bonds is 6. The topological polar surface area (TPSA) is 73.6 Å². The Kier molecular flexibility index (Phi) is 7.85. The van der Waals surface area contributed by atoms with Gasteiger partial charge < -0.3 is 24.8 Å². The Hall–Kier alpha value is -1.81. The van der Waals surface area contributed by atoms with Gasteiger partial charge in [-0.2, -0.15) is 13.2 Å². The number of carbonyl (C=O) groups is 1. The van der Waals surface area contributed by atoms with Gasteiger partial charge in [0, 0.05) is 58.6 Å². The molecule has 0 spiro atoms. The maximum atomic E-state index is 13.6. The van der Waals surface area contributed by atoms with Crippen LogP contribution >= 0.6 is 0 Å². The number of hydrogen-bond donors (Lipinski definition) is 2. The smallest absolute Gasteiger partial charge is 0.374 e. The predicted molar refractivity (Wildman–Crippen MR) is 110 cm³/mol. The van der Waals surface area contributed by atoms with Crippen LogP contribution in [0.1, 0.15) is 50.8 Å². The molecule has 0 radical (unpaired) electrons. The average Bonchev–Trinajstić information content (AvgIpc) is 3.02. The highest BCUT2D eigenvalue weighted by Gasteiger charge is 2.57. The molecule has 10 heteroatoms. The Morgan fingerprint density at radius 3 is 2.55 bits per heavy atom. The molecule has 1 aromatic heterocycles. The number of hydrogen-bond acceptors (Lipinski definition) is 4. The second-order valence-electron chi connectivity index (χ2n) is 8.85. The van der Waals surface area contributed by atoms with Crippen molar-refractivity contribution in [3.05, 3.63) is 18.2 Å². The van der Waals surface area contributed by atoms with Gasteiger partial charge in [0.05, 0.1) is 0 Å². The summed E-state index contributed by atoms with van der Waals surface area (Å²) in [4.78, 5) is 20.3. The molecule has 176 valence electrons. The van der Waals surface area contributed by atoms with Crippen LogP contribution in [0.15, 0.2) is 12.4 Å². The van der Waals surface area contributed by atoms with Crippen LogP contribution in [0, 0.1) is 5.92 Å². The Balaban J connectivity index is 1.49. The second kappa shape index (κ2) is 10.2. The van der Waals surface area contributed by atoms with Gasteiger partial charge in [0.2, 0.25) is 5.60 Å². The van der Waals surface area contributed by atoms with Crippen LogP contribution in [0.25, 0.3) is 0 Å². The summed E-state index contributed by atoms with van der Waals surface area (Å²) >= 11 is 0. The van der Waals surface area contributed by atoms with Crippen molar-refractivity contribution >= 4 is 6.03 Å². The largest absolute Gasteiger partial charge is 0.424 e. The van der Waals surface area contributed by atoms with Crippen molar-refractivity contribution in [3.63, 3.8) is 0 Å². The third-order valence-electron chi connectivity index (χ3n) is 6.54. The molecule has 2 fully saturated rings. The molecule has 2 N–H and O–H groups in total. The molecule has 1 saturated heterocycles. The predicted octanol–water partition coefficient (Wildman–Crippen LogP) is 2.86. The van der Waals surface area contributed by atoms with E-state index in [-0.39, 0.29) is 12.6 Å². The first kappa shape index (κ1) is 23.8. The molecular formula is C21H34F3N5O2. The van der Waals surface area contributed by atoms with Crippen molar-refractivity contribution < 1.29 is 23.1 Å². The summed E-state index contributed by atoms with van der Waals surface area (Å²) in [7, 11) is 1.40. The second-order valence-corrected chi connectivity index (χ2v) is 8.85. The van der Waals surface area contributed by atoms with E-state index in [2.05, 4.69) is 15.2 Å². The van der Waals surface area contributed by atoms with Gasteiger partial charge in [-0.1, -0.05) is 19.3 Å². The number of nitrogens with zero attached hydrogens (tertiary/aromatic N) is 4. The third kappa shape index (κ3) is 5.91. The van der Waals surface area contributed by atoms with Gasteiger partial charge in [-0.05, 0) is 31.7 Å². The minimum absolute atomic E-state index is 0.302. The normalized spacial score (nSPS) is 21.5. The molecule has 1 unspecified atom stereocenters. The van der Waals surface area contributed by atoms with Gasteiger partial charge in [0.1, 0.15) is 5.82 Å². The van der Waals surface area contributed by atoms with Crippen molar-refractivity contribution in [1.82, 2.24) is 24.7 Å². The zero-order valence-corrected chi connectivity index (χ0v) is 18.2. The molecular weight excluding hydrogens is 411 g/mol. The zero-order valence-electron chi connectivity index (χ0n) is 18.2. The molecule has 1 saturated carbocycles. The van der Waals surface area contributed by atoms with Crippen molar-refractivity contribution in [3.8, 4) is 0 Å². The number of alkyl halides is 3. The van der Waals surface area contributed by atoms with Crippen LogP contribution in [0.2, 0.25) is 0 Å². The van der Waals surface area contributed by atoms with Gasteiger partial charge in [-0.15, -0.1) is 0 Å². The highest BCUT2D eigenvalue weighted by molar-refractivity contribution is 5.74. The lowest BCUT2D eigenvalue weighted by atomic mass is 9.89. The van der Waals surface area contributed by atoms with E-state index in [9.17, 15) is 23.1 Å². The van der Waals surface area contributed by atoms with Gasteiger partial charge >= 0.3 is 12.2 Å². The van der Waals surface area contributed by atoms with E-state index in [4.69, 9.17) is 0 Å². The third-order valence-corrected chi connectivity index (χ3v) is 6.54. The first-order valence-corrected chi connectivity index (χ1v) is 11.2. The summed E-state index contributed by atoms with van der Waals surface area (Å²) in [5, 5.41) is 12.9. The maximum Gasteiger partial charge on any atom is 0.424 e. The van der Waals surface area contributed by atoms with E-state index in [0.29, 0.717) is 13.1 Å². The molecule has 2 aliphatic rings. The number of aliphatic hydroxyl groups is 1. The van der Waals surface area contributed by atoms with E-state index >= 15 is 0 Å². The molecule has 1 atom stereocenters. The highest BCUT2D eigenvalue weighted by atomic mass is 19.4. The van der Waals surface area contributed by atoms with Crippen LogP contribution in [0.4, 0.5) is 18.0 Å². The lowest BCUT2D eigenvalue weighted by Gasteiger charge is -2.30. The Bertz CT molecular complexity index is 720. The number of carbonyl (C=O) groups excluding carboxylic acids is 1. The van der Waals surface area contributed by atoms with E-state index in [1.165, 1.54) is 51.5 Å². The van der Waals surface area contributed by atoms with Gasteiger partial charge in [0.25, 0.3) is 0 Å². The van der Waals surface area contributed by atoms with Crippen molar-refractivity contribution in [1.29, 1.82) is 0 Å². The molecule has 0 aromatic carbocycles. The Morgan fingerprint density at radius 2 is 1.90 bits per heavy atom. The summed E-state index contributed by atoms with van der Waals surface area (Å²) in [6.07, 6.45) is 4.28. The lowest BCUT2D eigenvalue weighted by Crippen LogP contribution is -2.48. The number of aryl methyl sites for hydroxylation is 1. The standard InChI is InChI=1S/C21H34F3N5O2/c1-27-13-10-25-18(27)20(31,21(22,23)24)8-9-26-19(30)29-12-5-11-28(14-15-29)16-17-6-3-2-4-7-17/h10,13,17,31H,2-9,11-12,14-16H2,1H3,(H,26,30). The monoisotopic (exact) mass is 445 g/mol. The van der Waals surface area contributed by atoms with Gasteiger partial charge in [-0.25, -0.2) is 9.78 Å². The van der Waals surface area contributed by atoms with Crippen molar-refractivity contribution in [2.75, 3.05) is 39.3 Å². The number of imidazole rings is 1. The summed E-state index contributed by atoms with van der Waals surface area (Å²) < 4.78 is 41.9. The fraction of sp³-hybridized carbons (Fsp3) is 0.810. The quantitative estimate of drug-likeness (QED) is 0.706. The van der Waals surface area contributed by atoms with E-state index in [1.807, 2.05) is 0 Å². The van der Waals surface area contributed by atoms with E-state index < -0.39 is 24.0 Å². The Morgan fingerprint density at radius 1 is 1.16 bits per heavy atom. The van der Waals surface area contributed by atoms with Crippen LogP contribution in [-0.2, 0) is 12.6 Å². The molecule has 0 bridgehead atoms. The number of aromatic nitrogens is 2. The van der Waals surface area contributed by atoms with Crippen LogP contribution in [-0.4, -0.2) is 75.9 Å². The molecule has 2 amide bonds. The van der Waals surface area contributed by atoms with Crippen molar-refractivity contribution in [2.45, 2.75) is 56.7 Å². The number of urea groups is 1. The number of amides is 2. The molecule has 1 aromatic rings. The van der Waals surface area contributed by atoms with Crippen LogP contribution < -0.4 is 5.32 Å². The van der Waals surface area contributed by atoms with Crippen LogP contribution in [0.3, 0.4) is 0 Å². The first-order chi connectivity index (χ1) is 14.7. The van der Waals surface area contributed by atoms with Gasteiger partial charge in [-0.3, -0.25) is 0 Å². The number of nitrogens with one attached hydrogen (secondary N) is 1. The summed E-state index contributed by atoms with van der Waals surface area (Å²) in [6.45, 7) is 3.62. The number of halogens is 3. The SMILES string of the molecule is Cn1ccnc1C(O)(CCNC(=O)N1CCCN(CC2CCCCC2)CC1)C(F)(F)F. The minimum Gasteiger partial charge on any atom is -0.374 e. The molecule has 31 heavy (non-hydrogen) atoms. The summed E-state index contributed by atoms with van der Waals surface area (Å²) in [5.74, 6) is 0.252. The summed E-state index contributed by atoms with van der Waals surface area (Å²) in [6, 6.07) is -0.385. The molecule has 3 rings (SSSR count). The first-order valence-electron chi connectivity index (χ1n) is 11.2. The van der Waals surface area contributed by atoms with Crippen molar-refractivity contribution in [2.24, 2.45) is 13.0 Å².